The van der Waals surface area contributed by atoms with Crippen molar-refractivity contribution in [2.75, 3.05) is 5.75 Å². The maximum atomic E-state index is 11.3. The Morgan fingerprint density at radius 1 is 1.37 bits per heavy atom. The average molecular weight is 294 g/mol. The fourth-order valence-electron chi connectivity index (χ4n) is 1.91. The van der Waals surface area contributed by atoms with Crippen LogP contribution in [-0.4, -0.2) is 16.8 Å². The molecule has 2 aromatic rings. The lowest BCUT2D eigenvalue weighted by Gasteiger charge is -2.05. The van der Waals surface area contributed by atoms with Gasteiger partial charge in [-0.05, 0) is 35.1 Å². The third-order valence-corrected chi connectivity index (χ3v) is 5.20. The minimum atomic E-state index is -0.805. The SMILES string of the molecule is CC(C)CCSCc1c(C(=O)O)sc2ccccc12. The quantitative estimate of drug-likeness (QED) is 0.772. The van der Waals surface area contributed by atoms with Gasteiger partial charge >= 0.3 is 5.97 Å². The molecular weight excluding hydrogens is 276 g/mol. The molecule has 4 heteroatoms. The Kier molecular flexibility index (Phi) is 4.88. The van der Waals surface area contributed by atoms with Crippen LogP contribution >= 0.6 is 23.1 Å². The Labute approximate surface area is 121 Å². The molecule has 0 unspecified atom stereocenters. The van der Waals surface area contributed by atoms with Crippen molar-refractivity contribution in [1.29, 1.82) is 0 Å². The summed E-state index contributed by atoms with van der Waals surface area (Å²) in [5.74, 6) is 1.77. The molecule has 0 aliphatic heterocycles. The molecule has 0 aliphatic carbocycles. The van der Waals surface area contributed by atoms with Crippen LogP contribution in [0.2, 0.25) is 0 Å². The molecule has 0 saturated carbocycles. The molecule has 19 heavy (non-hydrogen) atoms. The van der Waals surface area contributed by atoms with Crippen LogP contribution in [0.25, 0.3) is 10.1 Å². The van der Waals surface area contributed by atoms with Gasteiger partial charge in [0.1, 0.15) is 4.88 Å². The Bertz CT molecular complexity index is 573. The number of thiophene rings is 1. The molecule has 0 aliphatic rings. The van der Waals surface area contributed by atoms with Crippen molar-refractivity contribution in [2.45, 2.75) is 26.0 Å². The van der Waals surface area contributed by atoms with Gasteiger partial charge < -0.3 is 5.11 Å². The monoisotopic (exact) mass is 294 g/mol. The van der Waals surface area contributed by atoms with Crippen LogP contribution in [0.3, 0.4) is 0 Å². The summed E-state index contributed by atoms with van der Waals surface area (Å²) >= 11 is 3.21. The van der Waals surface area contributed by atoms with Crippen molar-refractivity contribution in [3.63, 3.8) is 0 Å². The van der Waals surface area contributed by atoms with E-state index >= 15 is 0 Å². The molecule has 0 bridgehead atoms. The molecule has 0 fully saturated rings. The van der Waals surface area contributed by atoms with Crippen molar-refractivity contribution >= 4 is 39.2 Å². The molecule has 1 N–H and O–H groups in total. The summed E-state index contributed by atoms with van der Waals surface area (Å²) in [6, 6.07) is 7.95. The molecule has 2 nitrogen and oxygen atoms in total. The van der Waals surface area contributed by atoms with Gasteiger partial charge in [-0.1, -0.05) is 32.0 Å². The molecular formula is C15H18O2S2. The molecule has 0 saturated heterocycles. The largest absolute Gasteiger partial charge is 0.477 e. The number of carboxylic acid groups (broad SMARTS) is 1. The van der Waals surface area contributed by atoms with E-state index < -0.39 is 5.97 Å². The Morgan fingerprint density at radius 2 is 2.11 bits per heavy atom. The van der Waals surface area contributed by atoms with Crippen LogP contribution in [0.15, 0.2) is 24.3 Å². The second kappa shape index (κ2) is 6.44. The first kappa shape index (κ1) is 14.4. The van der Waals surface area contributed by atoms with Crippen LogP contribution in [0.1, 0.15) is 35.5 Å². The summed E-state index contributed by atoms with van der Waals surface area (Å²) in [5.41, 5.74) is 0.988. The van der Waals surface area contributed by atoms with Gasteiger partial charge in [-0.25, -0.2) is 4.79 Å². The Morgan fingerprint density at radius 3 is 2.79 bits per heavy atom. The first-order valence-corrected chi connectivity index (χ1v) is 8.38. The zero-order valence-electron chi connectivity index (χ0n) is 11.2. The zero-order valence-corrected chi connectivity index (χ0v) is 12.8. The molecule has 0 radical (unpaired) electrons. The lowest BCUT2D eigenvalue weighted by molar-refractivity contribution is 0.0701. The van der Waals surface area contributed by atoms with Crippen molar-refractivity contribution < 1.29 is 9.90 Å². The summed E-state index contributed by atoms with van der Waals surface area (Å²) in [6.45, 7) is 4.42. The molecule has 102 valence electrons. The van der Waals surface area contributed by atoms with Gasteiger partial charge in [0.25, 0.3) is 0 Å². The van der Waals surface area contributed by atoms with Crippen molar-refractivity contribution in [3.05, 3.63) is 34.7 Å². The smallest absolute Gasteiger partial charge is 0.346 e. The van der Waals surface area contributed by atoms with Gasteiger partial charge in [0.05, 0.1) is 0 Å². The summed E-state index contributed by atoms with van der Waals surface area (Å²) in [5, 5.41) is 10.4. The third kappa shape index (κ3) is 3.51. The van der Waals surface area contributed by atoms with E-state index in [1.807, 2.05) is 36.0 Å². The first-order valence-electron chi connectivity index (χ1n) is 6.41. The van der Waals surface area contributed by atoms with Crippen LogP contribution in [0, 0.1) is 5.92 Å². The van der Waals surface area contributed by atoms with Crippen molar-refractivity contribution in [3.8, 4) is 0 Å². The Balaban J connectivity index is 2.19. The van der Waals surface area contributed by atoms with E-state index in [0.29, 0.717) is 10.8 Å². The molecule has 0 spiro atoms. The highest BCUT2D eigenvalue weighted by atomic mass is 32.2. The second-order valence-electron chi connectivity index (χ2n) is 4.95. The maximum Gasteiger partial charge on any atom is 0.346 e. The standard InChI is InChI=1S/C15H18O2S2/c1-10(2)7-8-18-9-12-11-5-3-4-6-13(11)19-14(12)15(16)17/h3-6,10H,7-9H2,1-2H3,(H,16,17). The highest BCUT2D eigenvalue weighted by Gasteiger charge is 2.17. The maximum absolute atomic E-state index is 11.3. The predicted molar refractivity (Wildman–Crippen MR) is 84.4 cm³/mol. The normalized spacial score (nSPS) is 11.3. The van der Waals surface area contributed by atoms with Gasteiger partial charge in [0.15, 0.2) is 0 Å². The van der Waals surface area contributed by atoms with Crippen LogP contribution in [0.5, 0.6) is 0 Å². The van der Waals surface area contributed by atoms with Crippen molar-refractivity contribution in [2.24, 2.45) is 5.92 Å². The number of rotatable bonds is 6. The number of benzene rings is 1. The van der Waals surface area contributed by atoms with E-state index in [0.717, 1.165) is 27.2 Å². The summed E-state index contributed by atoms with van der Waals surface area (Å²) in [6.07, 6.45) is 1.18. The van der Waals surface area contributed by atoms with Crippen LogP contribution in [0.4, 0.5) is 0 Å². The highest BCUT2D eigenvalue weighted by molar-refractivity contribution is 7.98. The zero-order chi connectivity index (χ0) is 13.8. The number of thioether (sulfide) groups is 1. The number of fused-ring (bicyclic) bond motifs is 1. The van der Waals surface area contributed by atoms with E-state index in [9.17, 15) is 9.90 Å². The molecule has 0 atom stereocenters. The van der Waals surface area contributed by atoms with Gasteiger partial charge in [0, 0.05) is 10.5 Å². The molecule has 1 heterocycles. The van der Waals surface area contributed by atoms with E-state index in [2.05, 4.69) is 13.8 Å². The second-order valence-corrected chi connectivity index (χ2v) is 7.10. The molecule has 0 amide bonds. The Hall–Kier alpha value is -1.00. The average Bonchev–Trinajstić information content (AvgIpc) is 2.73. The first-order chi connectivity index (χ1) is 9.09. The number of carbonyl (C=O) groups is 1. The third-order valence-electron chi connectivity index (χ3n) is 2.98. The van der Waals surface area contributed by atoms with E-state index in [4.69, 9.17) is 0 Å². The van der Waals surface area contributed by atoms with Gasteiger partial charge in [-0.3, -0.25) is 0 Å². The predicted octanol–water partition coefficient (Wildman–Crippen LogP) is 4.88. The summed E-state index contributed by atoms with van der Waals surface area (Å²) < 4.78 is 1.07. The van der Waals surface area contributed by atoms with E-state index in [-0.39, 0.29) is 0 Å². The summed E-state index contributed by atoms with van der Waals surface area (Å²) in [4.78, 5) is 11.8. The molecule has 1 aromatic carbocycles. The van der Waals surface area contributed by atoms with E-state index in [1.165, 1.54) is 17.8 Å². The van der Waals surface area contributed by atoms with Gasteiger partial charge in [-0.15, -0.1) is 11.3 Å². The number of aromatic carboxylic acids is 1. The minimum absolute atomic E-state index is 0.498. The van der Waals surface area contributed by atoms with Crippen molar-refractivity contribution in [1.82, 2.24) is 0 Å². The number of hydrogen-bond donors (Lipinski definition) is 1. The number of hydrogen-bond acceptors (Lipinski definition) is 3. The van der Waals surface area contributed by atoms with Crippen LogP contribution in [-0.2, 0) is 5.75 Å². The summed E-state index contributed by atoms with van der Waals surface area (Å²) in [7, 11) is 0. The topological polar surface area (TPSA) is 37.3 Å². The fraction of sp³-hybridized carbons (Fsp3) is 0.400. The lowest BCUT2D eigenvalue weighted by Crippen LogP contribution is -1.97. The van der Waals surface area contributed by atoms with E-state index in [1.54, 1.807) is 0 Å². The lowest BCUT2D eigenvalue weighted by atomic mass is 10.1. The van der Waals surface area contributed by atoms with Gasteiger partial charge in [-0.2, -0.15) is 11.8 Å². The fourth-order valence-corrected chi connectivity index (χ4v) is 4.35. The minimum Gasteiger partial charge on any atom is -0.477 e. The number of carboxylic acids is 1. The van der Waals surface area contributed by atoms with Gasteiger partial charge in [0.2, 0.25) is 0 Å². The highest BCUT2D eigenvalue weighted by Crippen LogP contribution is 2.34. The van der Waals surface area contributed by atoms with Crippen LogP contribution < -0.4 is 0 Å². The molecule has 1 aromatic heterocycles. The molecule has 2 rings (SSSR count).